The Balaban J connectivity index is 1.38. The maximum Gasteiger partial charge on any atom is 0.129 e. The van der Waals surface area contributed by atoms with Crippen LogP contribution in [-0.2, 0) is 0 Å². The van der Waals surface area contributed by atoms with Gasteiger partial charge in [0.25, 0.3) is 0 Å². The molecule has 0 fully saturated rings. The summed E-state index contributed by atoms with van der Waals surface area (Å²) in [5, 5.41) is 13.4. The second-order valence-electron chi connectivity index (χ2n) is 7.62. The molecule has 0 amide bonds. The van der Waals surface area contributed by atoms with Gasteiger partial charge < -0.3 is 10.4 Å². The van der Waals surface area contributed by atoms with E-state index >= 15 is 0 Å². The molecule has 144 valence electrons. The highest BCUT2D eigenvalue weighted by molar-refractivity contribution is 9.10. The van der Waals surface area contributed by atoms with E-state index in [-0.39, 0.29) is 5.75 Å². The first kappa shape index (κ1) is 18.2. The zero-order valence-corrected chi connectivity index (χ0v) is 17.4. The lowest BCUT2D eigenvalue weighted by Gasteiger charge is -2.37. The van der Waals surface area contributed by atoms with Crippen LogP contribution in [0.5, 0.6) is 5.75 Å². The van der Waals surface area contributed by atoms with E-state index < -0.39 is 0 Å². The number of rotatable bonds is 3. The molecule has 1 aliphatic carbocycles. The molecule has 5 rings (SSSR count). The van der Waals surface area contributed by atoms with Crippen molar-refractivity contribution < 1.29 is 5.11 Å². The molecule has 1 heterocycles. The van der Waals surface area contributed by atoms with Gasteiger partial charge in [-0.1, -0.05) is 42.5 Å². The number of hydrogen-bond donors (Lipinski definition) is 2. The Labute approximate surface area is 179 Å². The fraction of sp³-hybridized carbons (Fsp3) is 0.160. The number of phenolic OH excluding ortho intramolecular Hbond substituents is 1. The molecular weight excluding hydrogens is 424 g/mol. The summed E-state index contributed by atoms with van der Waals surface area (Å²) in [5.41, 5.74) is 5.79. The van der Waals surface area contributed by atoms with Crippen molar-refractivity contribution in [2.45, 2.75) is 18.4 Å². The zero-order valence-electron chi connectivity index (χ0n) is 15.8. The summed E-state index contributed by atoms with van der Waals surface area (Å²) >= 11 is 3.34. The quantitative estimate of drug-likeness (QED) is 0.347. The van der Waals surface area contributed by atoms with Crippen molar-refractivity contribution in [3.05, 3.63) is 100 Å². The zero-order chi connectivity index (χ0) is 19.8. The van der Waals surface area contributed by atoms with E-state index in [2.05, 4.69) is 86.9 Å². The first-order chi connectivity index (χ1) is 14.2. The van der Waals surface area contributed by atoms with Crippen molar-refractivity contribution >= 4 is 33.5 Å². The monoisotopic (exact) mass is 444 g/mol. The Hall–Kier alpha value is -2.85. The van der Waals surface area contributed by atoms with Gasteiger partial charge in [-0.2, -0.15) is 0 Å². The van der Waals surface area contributed by atoms with E-state index in [4.69, 9.17) is 0 Å². The number of nitrogens with one attached hydrogen (secondary N) is 1. The van der Waals surface area contributed by atoms with Crippen LogP contribution in [0.3, 0.4) is 0 Å². The Morgan fingerprint density at radius 1 is 1.03 bits per heavy atom. The van der Waals surface area contributed by atoms with Crippen LogP contribution in [-0.4, -0.2) is 11.3 Å². The number of nitrogens with zero attached hydrogens (tertiary/aromatic N) is 1. The number of phenols is 1. The number of aromatic hydroxyl groups is 1. The van der Waals surface area contributed by atoms with E-state index in [1.807, 2.05) is 18.3 Å². The number of fused-ring (bicyclic) bond motifs is 3. The van der Waals surface area contributed by atoms with Gasteiger partial charge in [0, 0.05) is 17.8 Å². The van der Waals surface area contributed by atoms with Crippen LogP contribution in [0, 0.1) is 5.92 Å². The molecular formula is C25H21BrN2O. The first-order valence-corrected chi connectivity index (χ1v) is 10.6. The summed E-state index contributed by atoms with van der Waals surface area (Å²) in [5.74, 6) is 1.27. The van der Waals surface area contributed by atoms with Crippen LogP contribution < -0.4 is 5.32 Å². The highest BCUT2D eigenvalue weighted by Crippen LogP contribution is 2.49. The topological polar surface area (TPSA) is 44.6 Å². The van der Waals surface area contributed by atoms with Crippen LogP contribution in [0.4, 0.5) is 11.4 Å². The molecule has 0 aromatic heterocycles. The molecule has 0 radical (unpaired) electrons. The third kappa shape index (κ3) is 3.49. The maximum absolute atomic E-state index is 9.61. The number of aliphatic imine (C=N–C) groups is 1. The minimum absolute atomic E-state index is 0.229. The fourth-order valence-electron chi connectivity index (χ4n) is 4.39. The van der Waals surface area contributed by atoms with E-state index in [1.165, 1.54) is 16.8 Å². The standard InChI is InChI=1S/C25H21BrN2O/c26-22-14-16(8-13-24(22)29)15-27-18-11-9-17(10-12-18)25-21-6-3-5-19(21)20-4-1-2-7-23(20)28-25/h1-5,7-15,19,21,25,28-29H,6H2/t19-,21+,25-/m0/s1. The molecule has 2 N–H and O–H groups in total. The van der Waals surface area contributed by atoms with E-state index in [9.17, 15) is 5.11 Å². The Bertz CT molecular complexity index is 1100. The predicted molar refractivity (Wildman–Crippen MR) is 122 cm³/mol. The van der Waals surface area contributed by atoms with Crippen molar-refractivity contribution in [2.75, 3.05) is 5.32 Å². The highest BCUT2D eigenvalue weighted by Gasteiger charge is 2.37. The molecule has 0 saturated carbocycles. The van der Waals surface area contributed by atoms with Gasteiger partial charge in [-0.05, 0) is 81.4 Å². The highest BCUT2D eigenvalue weighted by atomic mass is 79.9. The van der Waals surface area contributed by atoms with Gasteiger partial charge in [-0.25, -0.2) is 0 Å². The summed E-state index contributed by atoms with van der Waals surface area (Å²) in [7, 11) is 0. The van der Waals surface area contributed by atoms with Crippen LogP contribution in [0.25, 0.3) is 0 Å². The molecule has 0 unspecified atom stereocenters. The van der Waals surface area contributed by atoms with Gasteiger partial charge in [-0.3, -0.25) is 4.99 Å². The van der Waals surface area contributed by atoms with Crippen molar-refractivity contribution in [2.24, 2.45) is 10.9 Å². The van der Waals surface area contributed by atoms with Gasteiger partial charge >= 0.3 is 0 Å². The lowest BCUT2D eigenvalue weighted by Crippen LogP contribution is -2.28. The van der Waals surface area contributed by atoms with Crippen LogP contribution in [0.1, 0.15) is 35.1 Å². The molecule has 29 heavy (non-hydrogen) atoms. The maximum atomic E-state index is 9.61. The van der Waals surface area contributed by atoms with E-state index in [0.717, 1.165) is 17.7 Å². The summed E-state index contributed by atoms with van der Waals surface area (Å²) in [6, 6.07) is 22.8. The summed E-state index contributed by atoms with van der Waals surface area (Å²) in [6.07, 6.45) is 7.60. The predicted octanol–water partition coefficient (Wildman–Crippen LogP) is 6.73. The molecule has 1 aliphatic heterocycles. The third-order valence-corrected chi connectivity index (χ3v) is 6.49. The second kappa shape index (κ2) is 7.53. The molecule has 3 nitrogen and oxygen atoms in total. The van der Waals surface area contributed by atoms with Gasteiger partial charge in [0.2, 0.25) is 0 Å². The lowest BCUT2D eigenvalue weighted by molar-refractivity contribution is 0.425. The van der Waals surface area contributed by atoms with Crippen molar-refractivity contribution in [3.8, 4) is 5.75 Å². The molecule has 0 bridgehead atoms. The Morgan fingerprint density at radius 2 is 1.86 bits per heavy atom. The van der Waals surface area contributed by atoms with Gasteiger partial charge in [-0.15, -0.1) is 0 Å². The third-order valence-electron chi connectivity index (χ3n) is 5.86. The minimum Gasteiger partial charge on any atom is -0.507 e. The van der Waals surface area contributed by atoms with E-state index in [1.54, 1.807) is 6.07 Å². The van der Waals surface area contributed by atoms with Gasteiger partial charge in [0.1, 0.15) is 5.75 Å². The van der Waals surface area contributed by atoms with Gasteiger partial charge in [0.05, 0.1) is 16.2 Å². The SMILES string of the molecule is Oc1ccc(C=Nc2ccc([C@@H]3Nc4ccccc4[C@@H]4C=CC[C@H]43)cc2)cc1Br. The average molecular weight is 445 g/mol. The van der Waals surface area contributed by atoms with Crippen molar-refractivity contribution in [3.63, 3.8) is 0 Å². The second-order valence-corrected chi connectivity index (χ2v) is 8.48. The Kier molecular flexibility index (Phi) is 4.72. The van der Waals surface area contributed by atoms with Crippen LogP contribution in [0.15, 0.2) is 88.3 Å². The minimum atomic E-state index is 0.229. The Morgan fingerprint density at radius 3 is 2.69 bits per heavy atom. The molecule has 3 atom stereocenters. The molecule has 0 saturated heterocycles. The van der Waals surface area contributed by atoms with Crippen LogP contribution in [0.2, 0.25) is 0 Å². The number of hydrogen-bond acceptors (Lipinski definition) is 3. The number of benzene rings is 3. The lowest BCUT2D eigenvalue weighted by atomic mass is 9.77. The number of anilines is 1. The smallest absolute Gasteiger partial charge is 0.129 e. The number of allylic oxidation sites excluding steroid dienone is 2. The van der Waals surface area contributed by atoms with Crippen molar-refractivity contribution in [1.29, 1.82) is 0 Å². The number of para-hydroxylation sites is 1. The summed E-state index contributed by atoms with van der Waals surface area (Å²) in [6.45, 7) is 0. The summed E-state index contributed by atoms with van der Waals surface area (Å²) in [4.78, 5) is 4.58. The molecule has 4 heteroatoms. The van der Waals surface area contributed by atoms with E-state index in [0.29, 0.717) is 22.4 Å². The molecule has 2 aliphatic rings. The molecule has 3 aromatic carbocycles. The van der Waals surface area contributed by atoms with Gasteiger partial charge in [0.15, 0.2) is 0 Å². The van der Waals surface area contributed by atoms with Crippen molar-refractivity contribution in [1.82, 2.24) is 0 Å². The average Bonchev–Trinajstić information content (AvgIpc) is 3.25. The largest absolute Gasteiger partial charge is 0.507 e. The summed E-state index contributed by atoms with van der Waals surface area (Å²) < 4.78 is 0.667. The van der Waals surface area contributed by atoms with Crippen LogP contribution >= 0.6 is 15.9 Å². The normalized spacial score (nSPS) is 22.3. The fourth-order valence-corrected chi connectivity index (χ4v) is 4.79. The molecule has 3 aromatic rings. The first-order valence-electron chi connectivity index (χ1n) is 9.84. The number of halogens is 1. The molecule has 0 spiro atoms.